The number of ether oxygens (including phenoxy) is 2. The summed E-state index contributed by atoms with van der Waals surface area (Å²) in [5, 5.41) is -0.791. The van der Waals surface area contributed by atoms with Crippen LogP contribution >= 0.6 is 23.4 Å². The van der Waals surface area contributed by atoms with E-state index in [1.54, 1.807) is 18.2 Å². The zero-order chi connectivity index (χ0) is 25.5. The summed E-state index contributed by atoms with van der Waals surface area (Å²) in [5.74, 6) is -0.0239. The number of rotatable bonds is 5. The predicted molar refractivity (Wildman–Crippen MR) is 128 cm³/mol. The molecule has 0 bridgehead atoms. The molecule has 0 aliphatic carbocycles. The highest BCUT2D eigenvalue weighted by Gasteiger charge is 2.49. The fourth-order valence-electron chi connectivity index (χ4n) is 4.06. The maximum atomic E-state index is 13.5. The standard InChI is InChI=1S/C22H20ClF3N2O5S2/c1-32-17-6-3-12(7-18(17)33-2)8-20(29)27-21-28(16-10-35(30,31)11-19(16)34-21)13-4-5-15(23)14(9-13)22(24,25)26/h3-7,9,16,19H,8,10-11H2,1-2H3/t16-,19+/m1/s1. The molecule has 0 N–H and O–H groups in total. The molecular formula is C22H20ClF3N2O5S2. The number of hydrogen-bond acceptors (Lipinski definition) is 6. The van der Waals surface area contributed by atoms with Crippen molar-refractivity contribution in [2.24, 2.45) is 4.99 Å². The molecule has 4 rings (SSSR count). The van der Waals surface area contributed by atoms with Gasteiger partial charge < -0.3 is 14.4 Å². The van der Waals surface area contributed by atoms with E-state index in [9.17, 15) is 26.4 Å². The van der Waals surface area contributed by atoms with E-state index in [0.29, 0.717) is 17.1 Å². The van der Waals surface area contributed by atoms with E-state index in [4.69, 9.17) is 21.1 Å². The fraction of sp³-hybridized carbons (Fsp3) is 0.364. The number of halogens is 4. The molecule has 188 valence electrons. The molecule has 1 amide bonds. The molecule has 2 heterocycles. The molecule has 2 fully saturated rings. The van der Waals surface area contributed by atoms with Gasteiger partial charge in [0.1, 0.15) is 0 Å². The third-order valence-electron chi connectivity index (χ3n) is 5.62. The first kappa shape index (κ1) is 25.6. The molecule has 7 nitrogen and oxygen atoms in total. The van der Waals surface area contributed by atoms with E-state index in [2.05, 4.69) is 4.99 Å². The van der Waals surface area contributed by atoms with Crippen molar-refractivity contribution >= 4 is 50.0 Å². The number of carbonyl (C=O) groups excluding carboxylic acids is 1. The van der Waals surface area contributed by atoms with Gasteiger partial charge in [-0.2, -0.15) is 18.2 Å². The van der Waals surface area contributed by atoms with Gasteiger partial charge in [-0.1, -0.05) is 29.4 Å². The Labute approximate surface area is 209 Å². The van der Waals surface area contributed by atoms with Crippen molar-refractivity contribution in [1.82, 2.24) is 0 Å². The Hall–Kier alpha value is -2.44. The molecule has 2 aromatic carbocycles. The summed E-state index contributed by atoms with van der Waals surface area (Å²) in [4.78, 5) is 18.4. The second kappa shape index (κ2) is 9.55. The fourth-order valence-corrected chi connectivity index (χ4v) is 8.21. The van der Waals surface area contributed by atoms with Gasteiger partial charge >= 0.3 is 6.18 Å². The Morgan fingerprint density at radius 2 is 1.86 bits per heavy atom. The number of benzene rings is 2. The zero-order valence-electron chi connectivity index (χ0n) is 18.5. The number of hydrogen-bond donors (Lipinski definition) is 0. The van der Waals surface area contributed by atoms with E-state index < -0.39 is 43.8 Å². The molecular weight excluding hydrogens is 529 g/mol. The molecule has 2 atom stereocenters. The van der Waals surface area contributed by atoms with Crippen LogP contribution in [0.4, 0.5) is 18.9 Å². The summed E-state index contributed by atoms with van der Waals surface area (Å²) in [6.07, 6.45) is -4.80. The lowest BCUT2D eigenvalue weighted by atomic mass is 10.1. The van der Waals surface area contributed by atoms with Gasteiger partial charge in [0.15, 0.2) is 26.5 Å². The highest BCUT2D eigenvalue weighted by Crippen LogP contribution is 2.43. The topological polar surface area (TPSA) is 85.3 Å². The molecule has 2 aromatic rings. The van der Waals surface area contributed by atoms with Crippen LogP contribution < -0.4 is 14.4 Å². The van der Waals surface area contributed by atoms with Crippen LogP contribution in [0.15, 0.2) is 41.4 Å². The van der Waals surface area contributed by atoms with Crippen molar-refractivity contribution in [3.8, 4) is 11.5 Å². The quantitative estimate of drug-likeness (QED) is 0.553. The monoisotopic (exact) mass is 548 g/mol. The molecule has 2 saturated heterocycles. The molecule has 2 aliphatic rings. The van der Waals surface area contributed by atoms with E-state index >= 15 is 0 Å². The third kappa shape index (κ3) is 5.39. The smallest absolute Gasteiger partial charge is 0.417 e. The Bertz CT molecular complexity index is 1300. The largest absolute Gasteiger partial charge is 0.493 e. The first-order chi connectivity index (χ1) is 16.4. The summed E-state index contributed by atoms with van der Waals surface area (Å²) in [5.41, 5.74) is -0.390. The average Bonchev–Trinajstić information content (AvgIpc) is 3.23. The zero-order valence-corrected chi connectivity index (χ0v) is 20.9. The van der Waals surface area contributed by atoms with Crippen LogP contribution in [0, 0.1) is 0 Å². The number of alkyl halides is 3. The van der Waals surface area contributed by atoms with Crippen LogP contribution in [0.3, 0.4) is 0 Å². The van der Waals surface area contributed by atoms with Gasteiger partial charge in [-0.05, 0) is 35.9 Å². The van der Waals surface area contributed by atoms with Gasteiger partial charge in [-0.3, -0.25) is 4.79 Å². The molecule has 35 heavy (non-hydrogen) atoms. The molecule has 13 heteroatoms. The summed E-state index contributed by atoms with van der Waals surface area (Å²) < 4.78 is 75.2. The van der Waals surface area contributed by atoms with Crippen LogP contribution in [0.2, 0.25) is 5.02 Å². The number of sulfone groups is 1. The lowest BCUT2D eigenvalue weighted by Crippen LogP contribution is -2.38. The number of anilines is 1. The van der Waals surface area contributed by atoms with Gasteiger partial charge in [0.25, 0.3) is 5.91 Å². The Morgan fingerprint density at radius 3 is 2.51 bits per heavy atom. The number of methoxy groups -OCH3 is 2. The molecule has 0 unspecified atom stereocenters. The van der Waals surface area contributed by atoms with E-state index in [-0.39, 0.29) is 28.8 Å². The van der Waals surface area contributed by atoms with Gasteiger partial charge in [0, 0.05) is 10.9 Å². The summed E-state index contributed by atoms with van der Waals surface area (Å²) in [7, 11) is -0.437. The molecule has 0 saturated carbocycles. The van der Waals surface area contributed by atoms with Gasteiger partial charge in [0.2, 0.25) is 0 Å². The van der Waals surface area contributed by atoms with Crippen LogP contribution in [0.1, 0.15) is 11.1 Å². The number of aliphatic imine (C=N–C) groups is 1. The number of thioether (sulfide) groups is 1. The number of amides is 1. The van der Waals surface area contributed by atoms with E-state index in [1.807, 2.05) is 0 Å². The summed E-state index contributed by atoms with van der Waals surface area (Å²) in [6, 6.07) is 7.61. The molecule has 2 aliphatic heterocycles. The van der Waals surface area contributed by atoms with Gasteiger partial charge in [-0.15, -0.1) is 0 Å². The number of nitrogens with zero attached hydrogens (tertiary/aromatic N) is 2. The molecule has 0 aromatic heterocycles. The minimum Gasteiger partial charge on any atom is -0.493 e. The maximum absolute atomic E-state index is 13.5. The van der Waals surface area contributed by atoms with Crippen LogP contribution in [0.25, 0.3) is 0 Å². The lowest BCUT2D eigenvalue weighted by molar-refractivity contribution is -0.137. The first-order valence-corrected chi connectivity index (χ1v) is 13.3. The highest BCUT2D eigenvalue weighted by atomic mass is 35.5. The minimum absolute atomic E-state index is 0.0662. The maximum Gasteiger partial charge on any atom is 0.417 e. The SMILES string of the molecule is COc1ccc(CC(=O)N=C2S[C@H]3CS(=O)(=O)C[C@H]3N2c2ccc(Cl)c(C(F)(F)F)c2)cc1OC. The van der Waals surface area contributed by atoms with Crippen molar-refractivity contribution in [3.63, 3.8) is 0 Å². The number of fused-ring (bicyclic) bond motifs is 1. The lowest BCUT2D eigenvalue weighted by Gasteiger charge is -2.25. The first-order valence-electron chi connectivity index (χ1n) is 10.3. The Balaban J connectivity index is 1.68. The van der Waals surface area contributed by atoms with Crippen LogP contribution in [-0.4, -0.2) is 56.5 Å². The highest BCUT2D eigenvalue weighted by molar-refractivity contribution is 8.16. The van der Waals surface area contributed by atoms with Crippen molar-refractivity contribution in [1.29, 1.82) is 0 Å². The van der Waals surface area contributed by atoms with E-state index in [1.165, 1.54) is 25.2 Å². The van der Waals surface area contributed by atoms with Crippen molar-refractivity contribution in [3.05, 3.63) is 52.5 Å². The second-order valence-electron chi connectivity index (χ2n) is 7.99. The summed E-state index contributed by atoms with van der Waals surface area (Å²) >= 11 is 6.83. The van der Waals surface area contributed by atoms with E-state index in [0.717, 1.165) is 23.9 Å². The van der Waals surface area contributed by atoms with Gasteiger partial charge in [-0.25, -0.2) is 8.42 Å². The average molecular weight is 549 g/mol. The van der Waals surface area contributed by atoms with Crippen molar-refractivity contribution < 1.29 is 35.9 Å². The normalized spacial score (nSPS) is 22.3. The van der Waals surface area contributed by atoms with Crippen molar-refractivity contribution in [2.45, 2.75) is 23.9 Å². The predicted octanol–water partition coefficient (Wildman–Crippen LogP) is 4.22. The number of amidine groups is 1. The minimum atomic E-state index is -4.71. The van der Waals surface area contributed by atoms with Crippen molar-refractivity contribution in [2.75, 3.05) is 30.6 Å². The second-order valence-corrected chi connectivity index (χ2v) is 11.8. The summed E-state index contributed by atoms with van der Waals surface area (Å²) in [6.45, 7) is 0. The van der Waals surface area contributed by atoms with Crippen LogP contribution in [-0.2, 0) is 27.2 Å². The van der Waals surface area contributed by atoms with Gasteiger partial charge in [0.05, 0.1) is 48.8 Å². The Kier molecular flexibility index (Phi) is 7.00. The Morgan fingerprint density at radius 1 is 1.14 bits per heavy atom. The van der Waals surface area contributed by atoms with Crippen LogP contribution in [0.5, 0.6) is 11.5 Å². The third-order valence-corrected chi connectivity index (χ3v) is 9.16. The number of carbonyl (C=O) groups is 1. The molecule has 0 spiro atoms. The molecule has 0 radical (unpaired) electrons.